The van der Waals surface area contributed by atoms with E-state index in [2.05, 4.69) is 10.4 Å². The van der Waals surface area contributed by atoms with Crippen LogP contribution in [0.4, 0.5) is 4.39 Å². The smallest absolute Gasteiger partial charge is 0.258 e. The molecule has 5 nitrogen and oxygen atoms in total. The Morgan fingerprint density at radius 2 is 1.83 bits per heavy atom. The lowest BCUT2D eigenvalue weighted by Gasteiger charge is -2.06. The third-order valence-corrected chi connectivity index (χ3v) is 3.34. The molecule has 0 radical (unpaired) electrons. The van der Waals surface area contributed by atoms with Crippen LogP contribution in [0.5, 0.6) is 5.88 Å². The van der Waals surface area contributed by atoms with Gasteiger partial charge in [0.25, 0.3) is 5.91 Å². The lowest BCUT2D eigenvalue weighted by Crippen LogP contribution is -2.28. The molecule has 0 saturated heterocycles. The molecule has 0 aliphatic heterocycles. The normalized spacial score (nSPS) is 10.4. The molecule has 0 fully saturated rings. The molecule has 0 atom stereocenters. The number of para-hydroxylation sites is 1. The van der Waals surface area contributed by atoms with Crippen molar-refractivity contribution in [2.45, 2.75) is 6.54 Å². The summed E-state index contributed by atoms with van der Waals surface area (Å²) in [7, 11) is 0. The molecule has 0 bridgehead atoms. The minimum absolute atomic E-state index is 0.132. The molecule has 1 N–H and O–H groups in total. The van der Waals surface area contributed by atoms with Gasteiger partial charge in [0.15, 0.2) is 6.61 Å². The predicted molar refractivity (Wildman–Crippen MR) is 87.3 cm³/mol. The molecule has 0 aliphatic carbocycles. The second-order valence-electron chi connectivity index (χ2n) is 5.13. The number of halogens is 1. The van der Waals surface area contributed by atoms with Gasteiger partial charge in [0, 0.05) is 18.8 Å². The number of nitrogens with one attached hydrogen (secondary N) is 1. The SMILES string of the molecule is O=C(COc1ccn(-c2ccccc2)n1)NCc1ccc(F)cc1. The largest absolute Gasteiger partial charge is 0.466 e. The Kier molecular flexibility index (Phi) is 4.86. The topological polar surface area (TPSA) is 56.2 Å². The van der Waals surface area contributed by atoms with Gasteiger partial charge in [-0.3, -0.25) is 4.79 Å². The molecular formula is C18H16FN3O2. The average molecular weight is 325 g/mol. The number of nitrogens with zero attached hydrogens (tertiary/aromatic N) is 2. The highest BCUT2D eigenvalue weighted by Gasteiger charge is 2.06. The Hall–Kier alpha value is -3.15. The van der Waals surface area contributed by atoms with Crippen LogP contribution in [0.15, 0.2) is 66.9 Å². The number of hydrogen-bond acceptors (Lipinski definition) is 3. The molecule has 6 heteroatoms. The fourth-order valence-corrected chi connectivity index (χ4v) is 2.10. The van der Waals surface area contributed by atoms with E-state index in [1.54, 1.807) is 29.1 Å². The van der Waals surface area contributed by atoms with Crippen molar-refractivity contribution in [2.24, 2.45) is 0 Å². The van der Waals surface area contributed by atoms with Gasteiger partial charge in [0.2, 0.25) is 5.88 Å². The van der Waals surface area contributed by atoms with Gasteiger partial charge in [-0.1, -0.05) is 30.3 Å². The van der Waals surface area contributed by atoms with E-state index in [-0.39, 0.29) is 18.3 Å². The summed E-state index contributed by atoms with van der Waals surface area (Å²) in [4.78, 5) is 11.8. The number of hydrogen-bond donors (Lipinski definition) is 1. The fraction of sp³-hybridized carbons (Fsp3) is 0.111. The standard InChI is InChI=1S/C18H16FN3O2/c19-15-8-6-14(7-9-15)12-20-17(23)13-24-18-10-11-22(21-18)16-4-2-1-3-5-16/h1-11H,12-13H2,(H,20,23). The summed E-state index contributed by atoms with van der Waals surface area (Å²) in [6, 6.07) is 17.3. The average Bonchev–Trinajstić information content (AvgIpc) is 3.09. The Morgan fingerprint density at radius 1 is 1.08 bits per heavy atom. The zero-order chi connectivity index (χ0) is 16.8. The first-order valence-corrected chi connectivity index (χ1v) is 7.46. The maximum Gasteiger partial charge on any atom is 0.258 e. The molecular weight excluding hydrogens is 309 g/mol. The van der Waals surface area contributed by atoms with E-state index in [4.69, 9.17) is 4.74 Å². The third-order valence-electron chi connectivity index (χ3n) is 3.34. The molecule has 0 saturated carbocycles. The Morgan fingerprint density at radius 3 is 2.58 bits per heavy atom. The van der Waals surface area contributed by atoms with Crippen LogP contribution in [0.1, 0.15) is 5.56 Å². The highest BCUT2D eigenvalue weighted by molar-refractivity contribution is 5.77. The maximum atomic E-state index is 12.8. The summed E-state index contributed by atoms with van der Waals surface area (Å²) in [5.74, 6) is -0.202. The summed E-state index contributed by atoms with van der Waals surface area (Å²) in [6.07, 6.45) is 1.76. The number of ether oxygens (including phenoxy) is 1. The van der Waals surface area contributed by atoms with Crippen LogP contribution in [-0.4, -0.2) is 22.3 Å². The van der Waals surface area contributed by atoms with E-state index in [0.717, 1.165) is 11.3 Å². The van der Waals surface area contributed by atoms with E-state index >= 15 is 0 Å². The van der Waals surface area contributed by atoms with E-state index in [9.17, 15) is 9.18 Å². The van der Waals surface area contributed by atoms with Gasteiger partial charge in [0.05, 0.1) is 5.69 Å². The second-order valence-corrected chi connectivity index (χ2v) is 5.13. The Labute approximate surface area is 138 Å². The van der Waals surface area contributed by atoms with Gasteiger partial charge < -0.3 is 10.1 Å². The predicted octanol–water partition coefficient (Wildman–Crippen LogP) is 2.71. The molecule has 0 spiro atoms. The summed E-state index contributed by atoms with van der Waals surface area (Å²) < 4.78 is 19.8. The van der Waals surface area contributed by atoms with Crippen LogP contribution in [0.25, 0.3) is 5.69 Å². The number of benzene rings is 2. The van der Waals surface area contributed by atoms with Crippen LogP contribution in [0.2, 0.25) is 0 Å². The van der Waals surface area contributed by atoms with Gasteiger partial charge in [-0.05, 0) is 29.8 Å². The van der Waals surface area contributed by atoms with Crippen LogP contribution in [-0.2, 0) is 11.3 Å². The van der Waals surface area contributed by atoms with Crippen molar-refractivity contribution < 1.29 is 13.9 Å². The molecule has 1 aromatic heterocycles. The van der Waals surface area contributed by atoms with Gasteiger partial charge >= 0.3 is 0 Å². The zero-order valence-electron chi connectivity index (χ0n) is 12.9. The third kappa shape index (κ3) is 4.19. The lowest BCUT2D eigenvalue weighted by molar-refractivity contribution is -0.123. The zero-order valence-corrected chi connectivity index (χ0v) is 12.9. The number of carbonyl (C=O) groups is 1. The van der Waals surface area contributed by atoms with E-state index in [0.29, 0.717) is 12.4 Å². The van der Waals surface area contributed by atoms with Crippen molar-refractivity contribution in [1.29, 1.82) is 0 Å². The monoisotopic (exact) mass is 325 g/mol. The second kappa shape index (κ2) is 7.41. The van der Waals surface area contributed by atoms with Crippen molar-refractivity contribution in [1.82, 2.24) is 15.1 Å². The lowest BCUT2D eigenvalue weighted by atomic mass is 10.2. The first-order valence-electron chi connectivity index (χ1n) is 7.46. The molecule has 1 heterocycles. The summed E-state index contributed by atoms with van der Waals surface area (Å²) >= 11 is 0. The first-order chi connectivity index (χ1) is 11.7. The highest BCUT2D eigenvalue weighted by atomic mass is 19.1. The van der Waals surface area contributed by atoms with Crippen molar-refractivity contribution in [3.63, 3.8) is 0 Å². The van der Waals surface area contributed by atoms with E-state index in [1.807, 2.05) is 30.3 Å². The van der Waals surface area contributed by atoms with Crippen LogP contribution < -0.4 is 10.1 Å². The first kappa shape index (κ1) is 15.7. The summed E-state index contributed by atoms with van der Waals surface area (Å²) in [5, 5.41) is 6.96. The van der Waals surface area contributed by atoms with Crippen molar-refractivity contribution in [2.75, 3.05) is 6.61 Å². The molecule has 2 aromatic carbocycles. The Balaban J connectivity index is 1.48. The van der Waals surface area contributed by atoms with Gasteiger partial charge in [-0.2, -0.15) is 0 Å². The fourth-order valence-electron chi connectivity index (χ4n) is 2.10. The van der Waals surface area contributed by atoms with Crippen LogP contribution in [0.3, 0.4) is 0 Å². The van der Waals surface area contributed by atoms with Crippen molar-refractivity contribution in [3.8, 4) is 11.6 Å². The Bertz CT molecular complexity index is 801. The number of amides is 1. The quantitative estimate of drug-likeness (QED) is 0.758. The molecule has 3 aromatic rings. The molecule has 122 valence electrons. The number of carbonyl (C=O) groups excluding carboxylic acids is 1. The van der Waals surface area contributed by atoms with Crippen LogP contribution in [0, 0.1) is 5.82 Å². The summed E-state index contributed by atoms with van der Waals surface area (Å²) in [6.45, 7) is 0.188. The highest BCUT2D eigenvalue weighted by Crippen LogP contribution is 2.11. The van der Waals surface area contributed by atoms with Crippen molar-refractivity contribution in [3.05, 3.63) is 78.2 Å². The van der Waals surface area contributed by atoms with Gasteiger partial charge in [0.1, 0.15) is 5.82 Å². The van der Waals surface area contributed by atoms with E-state index < -0.39 is 0 Å². The molecule has 3 rings (SSSR count). The molecule has 0 aliphatic rings. The van der Waals surface area contributed by atoms with Crippen LogP contribution >= 0.6 is 0 Å². The minimum Gasteiger partial charge on any atom is -0.466 e. The van der Waals surface area contributed by atoms with Gasteiger partial charge in [-0.15, -0.1) is 5.10 Å². The molecule has 1 amide bonds. The molecule has 0 unspecified atom stereocenters. The van der Waals surface area contributed by atoms with E-state index in [1.165, 1.54) is 12.1 Å². The maximum absolute atomic E-state index is 12.8. The minimum atomic E-state index is -0.303. The van der Waals surface area contributed by atoms with Gasteiger partial charge in [-0.25, -0.2) is 9.07 Å². The number of aromatic nitrogens is 2. The molecule has 24 heavy (non-hydrogen) atoms. The number of rotatable bonds is 6. The van der Waals surface area contributed by atoms with Crippen molar-refractivity contribution >= 4 is 5.91 Å². The summed E-state index contributed by atoms with van der Waals surface area (Å²) in [5.41, 5.74) is 1.73.